The first kappa shape index (κ1) is 21.1. The average Bonchev–Trinajstić information content (AvgIpc) is 3.51. The number of nitrogens with zero attached hydrogens (tertiary/aromatic N) is 1. The van der Waals surface area contributed by atoms with Crippen molar-refractivity contribution in [2.45, 2.75) is 35.3 Å². The summed E-state index contributed by atoms with van der Waals surface area (Å²) >= 11 is 1.56. The van der Waals surface area contributed by atoms with E-state index in [0.29, 0.717) is 19.7 Å². The van der Waals surface area contributed by atoms with Gasteiger partial charge in [0.15, 0.2) is 5.78 Å². The Balaban J connectivity index is 1.51. The second-order valence-corrected chi connectivity index (χ2v) is 10.9. The molecular weight excluding hydrogens is 446 g/mol. The highest BCUT2D eigenvalue weighted by Gasteiger charge is 2.35. The fourth-order valence-corrected chi connectivity index (χ4v) is 6.64. The maximum Gasteiger partial charge on any atom is 0.254 e. The summed E-state index contributed by atoms with van der Waals surface area (Å²) in [7, 11) is -3.90. The first-order valence-corrected chi connectivity index (χ1v) is 12.8. The van der Waals surface area contributed by atoms with Gasteiger partial charge in [0.05, 0.1) is 22.4 Å². The van der Waals surface area contributed by atoms with E-state index in [4.69, 9.17) is 4.74 Å². The van der Waals surface area contributed by atoms with E-state index in [1.54, 1.807) is 34.4 Å². The normalized spacial score (nSPS) is 18.8. The Labute approximate surface area is 190 Å². The molecule has 0 radical (unpaired) electrons. The second kappa shape index (κ2) is 8.27. The largest absolute Gasteiger partial charge is 0.376 e. The standard InChI is InChI=1S/C24H21NO5S2/c26-23-19-7-1-2-8-21(19)32(28,29)22-13-16(9-10-20(22)23)24(27)25(14-17-5-3-11-30-17)15-18-6-4-12-31-18/h1-2,4,6-10,12-13,17H,3,5,11,14-15H2/t17-/m0/s1. The molecule has 0 N–H and O–H groups in total. The van der Waals surface area contributed by atoms with Gasteiger partial charge in [-0.05, 0) is 54.6 Å². The molecule has 0 spiro atoms. The summed E-state index contributed by atoms with van der Waals surface area (Å²) in [6.45, 7) is 1.54. The van der Waals surface area contributed by atoms with Crippen molar-refractivity contribution in [1.29, 1.82) is 0 Å². The van der Waals surface area contributed by atoms with E-state index in [2.05, 4.69) is 0 Å². The molecule has 1 amide bonds. The number of carbonyl (C=O) groups excluding carboxylic acids is 2. The van der Waals surface area contributed by atoms with Gasteiger partial charge in [-0.1, -0.05) is 18.2 Å². The molecule has 0 saturated carbocycles. The summed E-state index contributed by atoms with van der Waals surface area (Å²) in [6.07, 6.45) is 1.82. The zero-order chi connectivity index (χ0) is 22.3. The predicted molar refractivity (Wildman–Crippen MR) is 120 cm³/mol. The summed E-state index contributed by atoms with van der Waals surface area (Å²) < 4.78 is 32.2. The van der Waals surface area contributed by atoms with Gasteiger partial charge in [0, 0.05) is 34.7 Å². The van der Waals surface area contributed by atoms with Gasteiger partial charge in [0.2, 0.25) is 9.84 Å². The minimum Gasteiger partial charge on any atom is -0.376 e. The second-order valence-electron chi connectivity index (χ2n) is 7.94. The molecule has 2 aromatic carbocycles. The highest BCUT2D eigenvalue weighted by Crippen LogP contribution is 2.35. The van der Waals surface area contributed by atoms with E-state index in [0.717, 1.165) is 17.7 Å². The van der Waals surface area contributed by atoms with Crippen molar-refractivity contribution in [3.05, 3.63) is 81.5 Å². The Morgan fingerprint density at radius 2 is 1.88 bits per heavy atom. The molecule has 1 atom stereocenters. The van der Waals surface area contributed by atoms with Crippen LogP contribution in [0, 0.1) is 0 Å². The van der Waals surface area contributed by atoms with Crippen molar-refractivity contribution < 1.29 is 22.7 Å². The van der Waals surface area contributed by atoms with Crippen molar-refractivity contribution >= 4 is 32.9 Å². The van der Waals surface area contributed by atoms with Crippen LogP contribution in [0.1, 0.15) is 44.0 Å². The van der Waals surface area contributed by atoms with Crippen molar-refractivity contribution in [1.82, 2.24) is 4.90 Å². The topological polar surface area (TPSA) is 80.8 Å². The fraction of sp³-hybridized carbons (Fsp3) is 0.250. The number of ketones is 1. The highest BCUT2D eigenvalue weighted by molar-refractivity contribution is 7.91. The van der Waals surface area contributed by atoms with Crippen molar-refractivity contribution in [3.63, 3.8) is 0 Å². The Morgan fingerprint density at radius 3 is 2.62 bits per heavy atom. The van der Waals surface area contributed by atoms with E-state index < -0.39 is 9.84 Å². The van der Waals surface area contributed by atoms with Gasteiger partial charge in [0.1, 0.15) is 0 Å². The van der Waals surface area contributed by atoms with Gasteiger partial charge in [-0.15, -0.1) is 11.3 Å². The summed E-state index contributed by atoms with van der Waals surface area (Å²) in [6, 6.07) is 14.4. The predicted octanol–water partition coefficient (Wildman–Crippen LogP) is 3.95. The van der Waals surface area contributed by atoms with Crippen molar-refractivity contribution in [2.75, 3.05) is 13.2 Å². The monoisotopic (exact) mass is 467 g/mol. The lowest BCUT2D eigenvalue weighted by Gasteiger charge is -2.26. The minimum absolute atomic E-state index is 0.0168. The molecule has 1 fully saturated rings. The van der Waals surface area contributed by atoms with Crippen LogP contribution >= 0.6 is 11.3 Å². The molecule has 1 saturated heterocycles. The molecule has 32 heavy (non-hydrogen) atoms. The smallest absolute Gasteiger partial charge is 0.254 e. The van der Waals surface area contributed by atoms with Crippen LogP contribution in [0.3, 0.4) is 0 Å². The van der Waals surface area contributed by atoms with E-state index >= 15 is 0 Å². The van der Waals surface area contributed by atoms with Crippen LogP contribution < -0.4 is 0 Å². The first-order valence-electron chi connectivity index (χ1n) is 10.4. The Hall–Kier alpha value is -2.81. The molecule has 8 heteroatoms. The summed E-state index contributed by atoms with van der Waals surface area (Å²) in [5.74, 6) is -0.627. The molecule has 3 heterocycles. The highest BCUT2D eigenvalue weighted by atomic mass is 32.2. The summed E-state index contributed by atoms with van der Waals surface area (Å²) in [5, 5.41) is 1.96. The number of sulfone groups is 1. The SMILES string of the molecule is O=C1c2ccccc2S(=O)(=O)c2cc(C(=O)N(Cc3cccs3)C[C@@H]3CCCO3)ccc21. The van der Waals surface area contributed by atoms with E-state index in [-0.39, 0.29) is 44.3 Å². The van der Waals surface area contributed by atoms with E-state index in [9.17, 15) is 18.0 Å². The molecule has 5 rings (SSSR count). The number of amides is 1. The van der Waals surface area contributed by atoms with Crippen LogP contribution in [-0.4, -0.2) is 44.3 Å². The number of carbonyl (C=O) groups is 2. The van der Waals surface area contributed by atoms with Gasteiger partial charge in [-0.3, -0.25) is 9.59 Å². The number of hydrogen-bond donors (Lipinski definition) is 0. The Morgan fingerprint density at radius 1 is 1.06 bits per heavy atom. The van der Waals surface area contributed by atoms with Crippen LogP contribution in [0.15, 0.2) is 69.8 Å². The lowest BCUT2D eigenvalue weighted by Crippen LogP contribution is -2.37. The summed E-state index contributed by atoms with van der Waals surface area (Å²) in [4.78, 5) is 29.0. The number of hydrogen-bond acceptors (Lipinski definition) is 6. The van der Waals surface area contributed by atoms with Crippen LogP contribution in [0.25, 0.3) is 0 Å². The van der Waals surface area contributed by atoms with Gasteiger partial charge < -0.3 is 9.64 Å². The Kier molecular flexibility index (Phi) is 5.44. The third kappa shape index (κ3) is 3.68. The first-order chi connectivity index (χ1) is 15.4. The Bertz CT molecular complexity index is 1290. The van der Waals surface area contributed by atoms with Gasteiger partial charge in [-0.25, -0.2) is 8.42 Å². The van der Waals surface area contributed by atoms with Crippen LogP contribution in [0.2, 0.25) is 0 Å². The third-order valence-electron chi connectivity index (χ3n) is 5.85. The maximum atomic E-state index is 13.5. The molecule has 0 unspecified atom stereocenters. The third-order valence-corrected chi connectivity index (χ3v) is 8.56. The van der Waals surface area contributed by atoms with Gasteiger partial charge in [0.25, 0.3) is 5.91 Å². The van der Waals surface area contributed by atoms with Crippen LogP contribution in [0.5, 0.6) is 0 Å². The maximum absolute atomic E-state index is 13.5. The molecule has 1 aromatic heterocycles. The molecule has 2 aliphatic heterocycles. The van der Waals surface area contributed by atoms with Crippen LogP contribution in [-0.2, 0) is 21.1 Å². The van der Waals surface area contributed by atoms with Gasteiger partial charge in [-0.2, -0.15) is 0 Å². The van der Waals surface area contributed by atoms with Gasteiger partial charge >= 0.3 is 0 Å². The number of fused-ring (bicyclic) bond motifs is 2. The number of thiophene rings is 1. The van der Waals surface area contributed by atoms with E-state index in [1.165, 1.54) is 24.3 Å². The molecule has 6 nitrogen and oxygen atoms in total. The van der Waals surface area contributed by atoms with Crippen molar-refractivity contribution in [2.24, 2.45) is 0 Å². The molecule has 164 valence electrons. The lowest BCUT2D eigenvalue weighted by atomic mass is 10.0. The zero-order valence-corrected chi connectivity index (χ0v) is 18.8. The zero-order valence-electron chi connectivity index (χ0n) is 17.2. The average molecular weight is 468 g/mol. The fourth-order valence-electron chi connectivity index (χ4n) is 4.24. The number of ether oxygens (including phenoxy) is 1. The lowest BCUT2D eigenvalue weighted by molar-refractivity contribution is 0.0509. The quantitative estimate of drug-likeness (QED) is 0.444. The van der Waals surface area contributed by atoms with E-state index in [1.807, 2.05) is 17.5 Å². The molecular formula is C24H21NO5S2. The molecule has 3 aromatic rings. The number of benzene rings is 2. The molecule has 0 aliphatic carbocycles. The summed E-state index contributed by atoms with van der Waals surface area (Å²) in [5.41, 5.74) is 0.509. The van der Waals surface area contributed by atoms with Crippen molar-refractivity contribution in [3.8, 4) is 0 Å². The molecule has 2 aliphatic rings. The van der Waals surface area contributed by atoms with Crippen LogP contribution in [0.4, 0.5) is 0 Å². The number of rotatable bonds is 5. The molecule has 0 bridgehead atoms. The minimum atomic E-state index is -3.90.